The zero-order chi connectivity index (χ0) is 8.97. The van der Waals surface area contributed by atoms with E-state index in [1.165, 1.54) is 6.42 Å². The molecule has 1 aliphatic heterocycles. The van der Waals surface area contributed by atoms with E-state index in [1.807, 2.05) is 0 Å². The van der Waals surface area contributed by atoms with Crippen molar-refractivity contribution in [1.29, 1.82) is 0 Å². The van der Waals surface area contributed by atoms with Gasteiger partial charge in [0.2, 0.25) is 0 Å². The lowest BCUT2D eigenvalue weighted by Crippen LogP contribution is -2.45. The topological polar surface area (TPSA) is 32.3 Å². The van der Waals surface area contributed by atoms with Crippen molar-refractivity contribution in [2.45, 2.75) is 51.7 Å². The first kappa shape index (κ1) is 10.0. The maximum Gasteiger partial charge on any atom is 0.0693 e. The Bertz CT molecular complexity index is 127. The average Bonchev–Trinajstić information content (AvgIpc) is 2.05. The quantitative estimate of drug-likeness (QED) is 0.675. The third-order valence-corrected chi connectivity index (χ3v) is 2.75. The van der Waals surface area contributed by atoms with Crippen LogP contribution in [0.3, 0.4) is 0 Å². The van der Waals surface area contributed by atoms with E-state index in [-0.39, 0.29) is 6.10 Å². The molecule has 0 bridgehead atoms. The van der Waals surface area contributed by atoms with Gasteiger partial charge in [-0.15, -0.1) is 0 Å². The molecule has 1 rings (SSSR count). The molecule has 12 heavy (non-hydrogen) atoms. The maximum absolute atomic E-state index is 9.73. The van der Waals surface area contributed by atoms with E-state index in [0.717, 1.165) is 31.7 Å². The van der Waals surface area contributed by atoms with Crippen LogP contribution >= 0.6 is 0 Å². The predicted molar refractivity (Wildman–Crippen MR) is 51.1 cm³/mol. The summed E-state index contributed by atoms with van der Waals surface area (Å²) in [5, 5.41) is 13.1. The van der Waals surface area contributed by atoms with Crippen LogP contribution in [0.15, 0.2) is 0 Å². The molecule has 0 spiro atoms. The van der Waals surface area contributed by atoms with E-state index in [0.29, 0.717) is 6.04 Å². The molecule has 2 nitrogen and oxygen atoms in total. The summed E-state index contributed by atoms with van der Waals surface area (Å²) < 4.78 is 0. The van der Waals surface area contributed by atoms with Crippen LogP contribution in [0.2, 0.25) is 0 Å². The molecule has 2 heteroatoms. The van der Waals surface area contributed by atoms with Crippen molar-refractivity contribution in [3.8, 4) is 0 Å². The first-order valence-corrected chi connectivity index (χ1v) is 5.15. The Kier molecular flexibility index (Phi) is 4.02. The van der Waals surface area contributed by atoms with Gasteiger partial charge in [0.15, 0.2) is 0 Å². The number of piperidine rings is 1. The van der Waals surface area contributed by atoms with Crippen LogP contribution in [0.5, 0.6) is 0 Å². The number of aliphatic hydroxyl groups excluding tert-OH is 1. The first-order valence-electron chi connectivity index (χ1n) is 5.15. The van der Waals surface area contributed by atoms with E-state index in [1.54, 1.807) is 0 Å². The fourth-order valence-electron chi connectivity index (χ4n) is 1.94. The third-order valence-electron chi connectivity index (χ3n) is 2.75. The van der Waals surface area contributed by atoms with E-state index in [4.69, 9.17) is 0 Å². The molecule has 1 aliphatic rings. The summed E-state index contributed by atoms with van der Waals surface area (Å²) >= 11 is 0. The van der Waals surface area contributed by atoms with Crippen molar-refractivity contribution in [2.75, 3.05) is 6.54 Å². The number of aliphatic hydroxyl groups is 1. The summed E-state index contributed by atoms with van der Waals surface area (Å²) in [5.41, 5.74) is 0. The predicted octanol–water partition coefficient (Wildman–Crippen LogP) is 1.54. The van der Waals surface area contributed by atoms with E-state index < -0.39 is 0 Å². The molecule has 72 valence electrons. The van der Waals surface area contributed by atoms with Gasteiger partial charge >= 0.3 is 0 Å². The molecule has 0 aromatic carbocycles. The van der Waals surface area contributed by atoms with Gasteiger partial charge in [-0.25, -0.2) is 0 Å². The van der Waals surface area contributed by atoms with E-state index in [2.05, 4.69) is 19.2 Å². The second kappa shape index (κ2) is 4.83. The Morgan fingerprint density at radius 3 is 2.92 bits per heavy atom. The Labute approximate surface area is 75.4 Å². The molecule has 0 amide bonds. The van der Waals surface area contributed by atoms with Crippen molar-refractivity contribution < 1.29 is 5.11 Å². The van der Waals surface area contributed by atoms with Crippen LogP contribution < -0.4 is 5.32 Å². The van der Waals surface area contributed by atoms with Gasteiger partial charge in [-0.3, -0.25) is 0 Å². The van der Waals surface area contributed by atoms with Gasteiger partial charge in [0.05, 0.1) is 6.10 Å². The molecular weight excluding hydrogens is 150 g/mol. The fourth-order valence-corrected chi connectivity index (χ4v) is 1.94. The van der Waals surface area contributed by atoms with Gasteiger partial charge in [-0.05, 0) is 31.7 Å². The highest BCUT2D eigenvalue weighted by molar-refractivity contribution is 4.81. The van der Waals surface area contributed by atoms with Crippen molar-refractivity contribution in [2.24, 2.45) is 5.92 Å². The van der Waals surface area contributed by atoms with Gasteiger partial charge in [0.25, 0.3) is 0 Å². The van der Waals surface area contributed by atoms with Gasteiger partial charge in [0, 0.05) is 6.04 Å². The van der Waals surface area contributed by atoms with Crippen molar-refractivity contribution >= 4 is 0 Å². The fraction of sp³-hybridized carbons (Fsp3) is 1.00. The van der Waals surface area contributed by atoms with Crippen LogP contribution in [0.1, 0.15) is 39.5 Å². The van der Waals surface area contributed by atoms with Crippen molar-refractivity contribution in [3.05, 3.63) is 0 Å². The summed E-state index contributed by atoms with van der Waals surface area (Å²) in [6.07, 6.45) is 4.28. The first-order chi connectivity index (χ1) is 5.74. The molecule has 0 unspecified atom stereocenters. The molecule has 0 radical (unpaired) electrons. The van der Waals surface area contributed by atoms with E-state index in [9.17, 15) is 5.11 Å². The summed E-state index contributed by atoms with van der Waals surface area (Å²) in [7, 11) is 0. The Morgan fingerprint density at radius 1 is 1.58 bits per heavy atom. The molecule has 2 N–H and O–H groups in total. The molecule has 0 aliphatic carbocycles. The highest BCUT2D eigenvalue weighted by Crippen LogP contribution is 2.18. The molecule has 3 atom stereocenters. The zero-order valence-corrected chi connectivity index (χ0v) is 8.21. The number of hydrogen-bond donors (Lipinski definition) is 2. The lowest BCUT2D eigenvalue weighted by Gasteiger charge is -2.31. The summed E-state index contributed by atoms with van der Waals surface area (Å²) in [5.74, 6) is 0.780. The number of rotatable bonds is 3. The number of hydrogen-bond acceptors (Lipinski definition) is 2. The largest absolute Gasteiger partial charge is 0.392 e. The smallest absolute Gasteiger partial charge is 0.0693 e. The van der Waals surface area contributed by atoms with Crippen molar-refractivity contribution in [3.63, 3.8) is 0 Å². The van der Waals surface area contributed by atoms with Gasteiger partial charge in [0.1, 0.15) is 0 Å². The molecule has 1 saturated heterocycles. The van der Waals surface area contributed by atoms with Gasteiger partial charge < -0.3 is 10.4 Å². The van der Waals surface area contributed by atoms with Crippen LogP contribution in [0.25, 0.3) is 0 Å². The highest BCUT2D eigenvalue weighted by atomic mass is 16.3. The molecule has 0 aromatic heterocycles. The minimum atomic E-state index is -0.127. The van der Waals surface area contributed by atoms with Crippen LogP contribution in [0.4, 0.5) is 0 Å². The molecule has 0 aromatic rings. The average molecular weight is 171 g/mol. The Hall–Kier alpha value is -0.0800. The van der Waals surface area contributed by atoms with Gasteiger partial charge in [-0.2, -0.15) is 0 Å². The van der Waals surface area contributed by atoms with Gasteiger partial charge in [-0.1, -0.05) is 20.3 Å². The summed E-state index contributed by atoms with van der Waals surface area (Å²) in [6, 6.07) is 0.355. The minimum Gasteiger partial charge on any atom is -0.392 e. The van der Waals surface area contributed by atoms with E-state index >= 15 is 0 Å². The van der Waals surface area contributed by atoms with Crippen LogP contribution in [-0.2, 0) is 0 Å². The maximum atomic E-state index is 9.73. The molecule has 0 saturated carbocycles. The standard InChI is InChI=1S/C10H21NO/c1-3-4-10(12)9-7-8(2)5-6-11-9/h8-12H,3-7H2,1-2H3/t8-,9-,10+/m0/s1. The normalized spacial score (nSPS) is 33.2. The number of nitrogens with one attached hydrogen (secondary N) is 1. The lowest BCUT2D eigenvalue weighted by atomic mass is 9.90. The molecule has 1 fully saturated rings. The Balaban J connectivity index is 2.29. The summed E-state index contributed by atoms with van der Waals surface area (Å²) in [4.78, 5) is 0. The highest BCUT2D eigenvalue weighted by Gasteiger charge is 2.23. The van der Waals surface area contributed by atoms with Crippen LogP contribution in [-0.4, -0.2) is 23.8 Å². The third kappa shape index (κ3) is 2.76. The molecular formula is C10H21NO. The Morgan fingerprint density at radius 2 is 2.33 bits per heavy atom. The van der Waals surface area contributed by atoms with Crippen molar-refractivity contribution in [1.82, 2.24) is 5.32 Å². The second-order valence-corrected chi connectivity index (χ2v) is 4.05. The zero-order valence-electron chi connectivity index (χ0n) is 8.21. The SMILES string of the molecule is CCC[C@@H](O)[C@@H]1C[C@@H](C)CCN1. The minimum absolute atomic E-state index is 0.127. The summed E-state index contributed by atoms with van der Waals surface area (Å²) in [6.45, 7) is 5.47. The lowest BCUT2D eigenvalue weighted by molar-refractivity contribution is 0.0928. The van der Waals surface area contributed by atoms with Crippen LogP contribution in [0, 0.1) is 5.92 Å². The molecule has 1 heterocycles. The monoisotopic (exact) mass is 171 g/mol. The second-order valence-electron chi connectivity index (χ2n) is 4.05.